The standard InChI is InChI=1S/C10H13Br2N/c1-3-7(2)13-10-5-4-8(11)6-9(10)12/h4-7,13H,3H2,1-2H3. The lowest BCUT2D eigenvalue weighted by Gasteiger charge is -2.14. The van der Waals surface area contributed by atoms with Gasteiger partial charge in [0.2, 0.25) is 0 Å². The van der Waals surface area contributed by atoms with E-state index in [1.165, 1.54) is 0 Å². The van der Waals surface area contributed by atoms with Crippen LogP contribution in [0.1, 0.15) is 20.3 Å². The first-order chi connectivity index (χ1) is 6.13. The molecular weight excluding hydrogens is 294 g/mol. The molecular formula is C10H13Br2N. The fourth-order valence-corrected chi connectivity index (χ4v) is 2.14. The molecule has 1 unspecified atom stereocenters. The van der Waals surface area contributed by atoms with Crippen LogP contribution < -0.4 is 5.32 Å². The minimum absolute atomic E-state index is 0.512. The highest BCUT2D eigenvalue weighted by molar-refractivity contribution is 9.11. The summed E-state index contributed by atoms with van der Waals surface area (Å²) in [4.78, 5) is 0. The number of halogens is 2. The quantitative estimate of drug-likeness (QED) is 0.871. The highest BCUT2D eigenvalue weighted by atomic mass is 79.9. The van der Waals surface area contributed by atoms with Crippen LogP contribution in [0.5, 0.6) is 0 Å². The summed E-state index contributed by atoms with van der Waals surface area (Å²) in [7, 11) is 0. The molecule has 3 heteroatoms. The number of hydrogen-bond acceptors (Lipinski definition) is 1. The summed E-state index contributed by atoms with van der Waals surface area (Å²) in [5.74, 6) is 0. The van der Waals surface area contributed by atoms with E-state index in [0.717, 1.165) is 21.1 Å². The zero-order valence-electron chi connectivity index (χ0n) is 7.77. The second kappa shape index (κ2) is 5.01. The molecule has 0 saturated heterocycles. The lowest BCUT2D eigenvalue weighted by molar-refractivity contribution is 0.763. The van der Waals surface area contributed by atoms with Gasteiger partial charge in [-0.1, -0.05) is 22.9 Å². The summed E-state index contributed by atoms with van der Waals surface area (Å²) in [6.45, 7) is 4.35. The summed E-state index contributed by atoms with van der Waals surface area (Å²) < 4.78 is 2.19. The van der Waals surface area contributed by atoms with E-state index >= 15 is 0 Å². The van der Waals surface area contributed by atoms with E-state index in [2.05, 4.69) is 57.1 Å². The zero-order valence-corrected chi connectivity index (χ0v) is 10.9. The summed E-state index contributed by atoms with van der Waals surface area (Å²) in [5.41, 5.74) is 1.15. The first kappa shape index (κ1) is 11.1. The third-order valence-electron chi connectivity index (χ3n) is 1.95. The Morgan fingerprint density at radius 1 is 1.38 bits per heavy atom. The van der Waals surface area contributed by atoms with Gasteiger partial charge in [-0.05, 0) is 47.5 Å². The average molecular weight is 307 g/mol. The molecule has 0 aromatic heterocycles. The molecule has 0 aliphatic carbocycles. The smallest absolute Gasteiger partial charge is 0.0487 e. The van der Waals surface area contributed by atoms with E-state index in [4.69, 9.17) is 0 Å². The van der Waals surface area contributed by atoms with Crippen LogP contribution in [0.3, 0.4) is 0 Å². The molecule has 0 bridgehead atoms. The van der Waals surface area contributed by atoms with E-state index in [1.54, 1.807) is 0 Å². The molecule has 1 atom stereocenters. The minimum Gasteiger partial charge on any atom is -0.382 e. The predicted octanol–water partition coefficient (Wildman–Crippen LogP) is 4.42. The van der Waals surface area contributed by atoms with Crippen LogP contribution in [0.2, 0.25) is 0 Å². The van der Waals surface area contributed by atoms with Crippen LogP contribution in [0, 0.1) is 0 Å². The van der Waals surface area contributed by atoms with Crippen molar-refractivity contribution >= 4 is 37.5 Å². The molecule has 72 valence electrons. The number of hydrogen-bond donors (Lipinski definition) is 1. The number of anilines is 1. The Hall–Kier alpha value is -0.0200. The molecule has 0 fully saturated rings. The molecule has 0 spiro atoms. The Morgan fingerprint density at radius 2 is 2.08 bits per heavy atom. The van der Waals surface area contributed by atoms with Crippen molar-refractivity contribution in [2.45, 2.75) is 26.3 Å². The van der Waals surface area contributed by atoms with Crippen molar-refractivity contribution in [2.24, 2.45) is 0 Å². The predicted molar refractivity (Wildman–Crippen MR) is 65.2 cm³/mol. The van der Waals surface area contributed by atoms with Crippen molar-refractivity contribution in [1.29, 1.82) is 0 Å². The van der Waals surface area contributed by atoms with Gasteiger partial charge in [0.05, 0.1) is 0 Å². The van der Waals surface area contributed by atoms with Gasteiger partial charge in [-0.2, -0.15) is 0 Å². The maximum Gasteiger partial charge on any atom is 0.0487 e. The Labute approximate surface area is 96.2 Å². The molecule has 1 aromatic carbocycles. The van der Waals surface area contributed by atoms with Crippen molar-refractivity contribution in [2.75, 3.05) is 5.32 Å². The van der Waals surface area contributed by atoms with Gasteiger partial charge >= 0.3 is 0 Å². The molecule has 1 N–H and O–H groups in total. The van der Waals surface area contributed by atoms with Crippen LogP contribution in [0.4, 0.5) is 5.69 Å². The average Bonchev–Trinajstić information content (AvgIpc) is 2.09. The lowest BCUT2D eigenvalue weighted by Crippen LogP contribution is -2.13. The van der Waals surface area contributed by atoms with Crippen LogP contribution in [0.25, 0.3) is 0 Å². The van der Waals surface area contributed by atoms with E-state index < -0.39 is 0 Å². The Kier molecular flexibility index (Phi) is 4.26. The number of nitrogens with one attached hydrogen (secondary N) is 1. The zero-order chi connectivity index (χ0) is 9.84. The van der Waals surface area contributed by atoms with Gasteiger partial charge < -0.3 is 5.32 Å². The van der Waals surface area contributed by atoms with Crippen LogP contribution >= 0.6 is 31.9 Å². The van der Waals surface area contributed by atoms with Gasteiger partial charge in [-0.3, -0.25) is 0 Å². The van der Waals surface area contributed by atoms with E-state index in [0.29, 0.717) is 6.04 Å². The van der Waals surface area contributed by atoms with Gasteiger partial charge in [0.15, 0.2) is 0 Å². The third-order valence-corrected chi connectivity index (χ3v) is 3.09. The molecule has 0 radical (unpaired) electrons. The van der Waals surface area contributed by atoms with Gasteiger partial charge in [0.25, 0.3) is 0 Å². The third kappa shape index (κ3) is 3.31. The molecule has 0 aliphatic rings. The molecule has 0 amide bonds. The molecule has 0 aliphatic heterocycles. The SMILES string of the molecule is CCC(C)Nc1ccc(Br)cc1Br. The maximum absolute atomic E-state index is 3.51. The first-order valence-electron chi connectivity index (χ1n) is 4.35. The molecule has 1 aromatic rings. The Bertz CT molecular complexity index is 286. The monoisotopic (exact) mass is 305 g/mol. The molecule has 1 rings (SSSR count). The first-order valence-corrected chi connectivity index (χ1v) is 5.93. The van der Waals surface area contributed by atoms with Gasteiger partial charge in [-0.25, -0.2) is 0 Å². The Morgan fingerprint density at radius 3 is 2.62 bits per heavy atom. The number of rotatable bonds is 3. The molecule has 0 heterocycles. The molecule has 0 saturated carbocycles. The van der Waals surface area contributed by atoms with E-state index in [1.807, 2.05) is 12.1 Å². The summed E-state index contributed by atoms with van der Waals surface area (Å²) >= 11 is 6.93. The summed E-state index contributed by atoms with van der Waals surface area (Å²) in [6, 6.07) is 6.66. The van der Waals surface area contributed by atoms with Crippen molar-refractivity contribution in [3.05, 3.63) is 27.1 Å². The highest BCUT2D eigenvalue weighted by Crippen LogP contribution is 2.26. The Balaban J connectivity index is 2.77. The second-order valence-corrected chi connectivity index (χ2v) is 4.85. The normalized spacial score (nSPS) is 12.6. The van der Waals surface area contributed by atoms with E-state index in [9.17, 15) is 0 Å². The molecule has 1 nitrogen and oxygen atoms in total. The largest absolute Gasteiger partial charge is 0.382 e. The second-order valence-electron chi connectivity index (χ2n) is 3.08. The molecule has 13 heavy (non-hydrogen) atoms. The summed E-state index contributed by atoms with van der Waals surface area (Å²) in [5, 5.41) is 3.42. The van der Waals surface area contributed by atoms with Crippen LogP contribution in [-0.2, 0) is 0 Å². The fraction of sp³-hybridized carbons (Fsp3) is 0.400. The van der Waals surface area contributed by atoms with E-state index in [-0.39, 0.29) is 0 Å². The summed E-state index contributed by atoms with van der Waals surface area (Å²) in [6.07, 6.45) is 1.13. The van der Waals surface area contributed by atoms with Crippen molar-refractivity contribution in [1.82, 2.24) is 0 Å². The number of benzene rings is 1. The fourth-order valence-electron chi connectivity index (χ4n) is 0.974. The minimum atomic E-state index is 0.512. The van der Waals surface area contributed by atoms with Crippen molar-refractivity contribution in [3.8, 4) is 0 Å². The van der Waals surface area contributed by atoms with Gasteiger partial charge in [0.1, 0.15) is 0 Å². The highest BCUT2D eigenvalue weighted by Gasteiger charge is 2.02. The van der Waals surface area contributed by atoms with Crippen LogP contribution in [-0.4, -0.2) is 6.04 Å². The van der Waals surface area contributed by atoms with Crippen molar-refractivity contribution in [3.63, 3.8) is 0 Å². The van der Waals surface area contributed by atoms with Gasteiger partial charge in [0, 0.05) is 20.7 Å². The lowest BCUT2D eigenvalue weighted by atomic mass is 10.2. The van der Waals surface area contributed by atoms with Crippen molar-refractivity contribution < 1.29 is 0 Å². The van der Waals surface area contributed by atoms with Gasteiger partial charge in [-0.15, -0.1) is 0 Å². The maximum atomic E-state index is 3.51. The topological polar surface area (TPSA) is 12.0 Å². The van der Waals surface area contributed by atoms with Crippen LogP contribution in [0.15, 0.2) is 27.1 Å².